The molecule has 0 saturated carbocycles. The number of ether oxygens (including phenoxy) is 1. The van der Waals surface area contributed by atoms with E-state index in [0.29, 0.717) is 0 Å². The van der Waals surface area contributed by atoms with Gasteiger partial charge in [0.05, 0.1) is 18.3 Å². The Kier molecular flexibility index (Phi) is 3.79. The monoisotopic (exact) mass is 303 g/mol. The number of hydrogen-bond acceptors (Lipinski definition) is 4. The summed E-state index contributed by atoms with van der Waals surface area (Å²) in [6.07, 6.45) is 1.04. The van der Waals surface area contributed by atoms with Gasteiger partial charge in [-0.3, -0.25) is 0 Å². The topological polar surface area (TPSA) is 30.9 Å². The first-order valence-corrected chi connectivity index (χ1v) is 7.97. The van der Waals surface area contributed by atoms with Gasteiger partial charge < -0.3 is 18.9 Å². The lowest BCUT2D eigenvalue weighted by Crippen LogP contribution is -2.41. The van der Waals surface area contributed by atoms with Crippen LogP contribution in [0.25, 0.3) is 0 Å². The summed E-state index contributed by atoms with van der Waals surface area (Å²) in [4.78, 5) is 2.32. The van der Waals surface area contributed by atoms with Crippen molar-refractivity contribution in [1.29, 1.82) is 0 Å². The summed E-state index contributed by atoms with van der Waals surface area (Å²) >= 11 is 0. The molecule has 22 heavy (non-hydrogen) atoms. The summed E-state index contributed by atoms with van der Waals surface area (Å²) < 4.78 is 18.0. The van der Waals surface area contributed by atoms with Crippen LogP contribution >= 0.6 is 0 Å². The zero-order valence-corrected chi connectivity index (χ0v) is 14.5. The van der Waals surface area contributed by atoms with Crippen molar-refractivity contribution in [1.82, 2.24) is 4.90 Å². The number of fused-ring (bicyclic) bond motifs is 1. The molecule has 4 nitrogen and oxygen atoms in total. The second-order valence-corrected chi connectivity index (χ2v) is 7.44. The molecule has 0 bridgehead atoms. The van der Waals surface area contributed by atoms with Crippen LogP contribution in [-0.2, 0) is 22.3 Å². The largest absolute Gasteiger partial charge is 0.496 e. The lowest BCUT2D eigenvalue weighted by atomic mass is 9.76. The Morgan fingerprint density at radius 2 is 1.77 bits per heavy atom. The number of hydrogen-bond donors (Lipinski definition) is 0. The van der Waals surface area contributed by atoms with Crippen molar-refractivity contribution in [2.75, 3.05) is 20.7 Å². The molecule has 0 amide bonds. The Morgan fingerprint density at radius 1 is 1.14 bits per heavy atom. The smallest absolute Gasteiger partial charge is 0.494 e. The maximum absolute atomic E-state index is 6.17. The van der Waals surface area contributed by atoms with Crippen LogP contribution < -0.4 is 10.2 Å². The Bertz CT molecular complexity index is 552. The molecular weight excluding hydrogens is 277 g/mol. The molecule has 2 aliphatic heterocycles. The van der Waals surface area contributed by atoms with E-state index in [4.69, 9.17) is 14.0 Å². The molecule has 1 fully saturated rings. The van der Waals surface area contributed by atoms with Crippen LogP contribution in [0.3, 0.4) is 0 Å². The average molecular weight is 303 g/mol. The van der Waals surface area contributed by atoms with Gasteiger partial charge >= 0.3 is 7.12 Å². The summed E-state index contributed by atoms with van der Waals surface area (Å²) in [7, 11) is 3.55. The van der Waals surface area contributed by atoms with Gasteiger partial charge in [-0.15, -0.1) is 0 Å². The van der Waals surface area contributed by atoms with Crippen molar-refractivity contribution < 1.29 is 14.0 Å². The summed E-state index contributed by atoms with van der Waals surface area (Å²) in [5, 5.41) is 0. The maximum atomic E-state index is 6.17. The minimum atomic E-state index is -0.330. The van der Waals surface area contributed by atoms with E-state index in [1.807, 2.05) is 0 Å². The lowest BCUT2D eigenvalue weighted by Gasteiger charge is -2.32. The summed E-state index contributed by atoms with van der Waals surface area (Å²) in [5.74, 6) is 0.939. The highest BCUT2D eigenvalue weighted by Gasteiger charge is 2.51. The third-order valence-corrected chi connectivity index (χ3v) is 5.26. The summed E-state index contributed by atoms with van der Waals surface area (Å²) in [6, 6.07) is 4.30. The number of benzene rings is 1. The molecule has 0 aromatic heterocycles. The average Bonchev–Trinajstić information content (AvgIpc) is 2.66. The quantitative estimate of drug-likeness (QED) is 0.782. The number of rotatable bonds is 2. The van der Waals surface area contributed by atoms with E-state index in [-0.39, 0.29) is 18.3 Å². The van der Waals surface area contributed by atoms with E-state index in [9.17, 15) is 0 Å². The van der Waals surface area contributed by atoms with Crippen molar-refractivity contribution in [3.05, 3.63) is 23.3 Å². The van der Waals surface area contributed by atoms with Gasteiger partial charge in [-0.2, -0.15) is 0 Å². The van der Waals surface area contributed by atoms with Crippen LogP contribution in [0.4, 0.5) is 0 Å². The molecular formula is C17H26BNO3. The highest BCUT2D eigenvalue weighted by molar-refractivity contribution is 6.62. The SMILES string of the molecule is COc1cc(B2OC(C)(C)C(C)(C)O2)cc2c1CN(C)CC2. The zero-order chi connectivity index (χ0) is 16.1. The predicted octanol–water partition coefficient (Wildman–Crippen LogP) is 1.98. The van der Waals surface area contributed by atoms with Gasteiger partial charge in [0.2, 0.25) is 0 Å². The van der Waals surface area contributed by atoms with Crippen molar-refractivity contribution >= 4 is 12.6 Å². The van der Waals surface area contributed by atoms with E-state index in [0.717, 1.165) is 30.7 Å². The number of nitrogens with zero attached hydrogens (tertiary/aromatic N) is 1. The van der Waals surface area contributed by atoms with Gasteiger partial charge in [0.1, 0.15) is 5.75 Å². The summed E-state index contributed by atoms with van der Waals surface area (Å²) in [6.45, 7) is 10.3. The normalized spacial score (nSPS) is 23.5. The van der Waals surface area contributed by atoms with Crippen molar-refractivity contribution in [3.63, 3.8) is 0 Å². The van der Waals surface area contributed by atoms with E-state index in [1.165, 1.54) is 11.1 Å². The van der Waals surface area contributed by atoms with E-state index in [1.54, 1.807) is 7.11 Å². The summed E-state index contributed by atoms with van der Waals surface area (Å²) in [5.41, 5.74) is 3.06. The second-order valence-electron chi connectivity index (χ2n) is 7.44. The predicted molar refractivity (Wildman–Crippen MR) is 88.7 cm³/mol. The molecule has 2 heterocycles. The fourth-order valence-corrected chi connectivity index (χ4v) is 3.09. The Morgan fingerprint density at radius 3 is 2.36 bits per heavy atom. The van der Waals surface area contributed by atoms with Crippen LogP contribution in [0.5, 0.6) is 5.75 Å². The van der Waals surface area contributed by atoms with Gasteiger partial charge in [-0.05, 0) is 58.3 Å². The molecule has 0 N–H and O–H groups in total. The minimum Gasteiger partial charge on any atom is -0.496 e. The second kappa shape index (κ2) is 5.26. The van der Waals surface area contributed by atoms with Gasteiger partial charge in [-0.1, -0.05) is 6.07 Å². The molecule has 1 aromatic rings. The van der Waals surface area contributed by atoms with E-state index in [2.05, 4.69) is 51.8 Å². The van der Waals surface area contributed by atoms with Gasteiger partial charge in [0, 0.05) is 18.7 Å². The van der Waals surface area contributed by atoms with Crippen LogP contribution in [0.15, 0.2) is 12.1 Å². The molecule has 3 rings (SSSR count). The third-order valence-electron chi connectivity index (χ3n) is 5.26. The number of likely N-dealkylation sites (N-methyl/N-ethyl adjacent to an activating group) is 1. The third kappa shape index (κ3) is 2.55. The highest BCUT2D eigenvalue weighted by atomic mass is 16.7. The molecule has 0 spiro atoms. The fourth-order valence-electron chi connectivity index (χ4n) is 3.09. The van der Waals surface area contributed by atoms with Gasteiger partial charge in [0.25, 0.3) is 0 Å². The van der Waals surface area contributed by atoms with Crippen molar-refractivity contribution in [2.45, 2.75) is 51.9 Å². The molecule has 0 radical (unpaired) electrons. The molecule has 2 aliphatic rings. The molecule has 1 saturated heterocycles. The van der Waals surface area contributed by atoms with Crippen molar-refractivity contribution in [2.24, 2.45) is 0 Å². The minimum absolute atomic E-state index is 0.318. The molecule has 0 atom stereocenters. The molecule has 0 aliphatic carbocycles. The van der Waals surface area contributed by atoms with Crippen LogP contribution in [0.2, 0.25) is 0 Å². The first-order valence-electron chi connectivity index (χ1n) is 7.97. The maximum Gasteiger partial charge on any atom is 0.494 e. The first kappa shape index (κ1) is 15.8. The van der Waals surface area contributed by atoms with Crippen molar-refractivity contribution in [3.8, 4) is 5.75 Å². The van der Waals surface area contributed by atoms with E-state index >= 15 is 0 Å². The standard InChI is InChI=1S/C17H26BNO3/c1-16(2)17(3,4)22-18(21-16)13-9-12-7-8-19(5)11-14(12)15(10-13)20-6/h9-10H,7-8,11H2,1-6H3. The molecule has 120 valence electrons. The molecule has 1 aromatic carbocycles. The van der Waals surface area contributed by atoms with Gasteiger partial charge in [0.15, 0.2) is 0 Å². The number of methoxy groups -OCH3 is 1. The van der Waals surface area contributed by atoms with Crippen LogP contribution in [-0.4, -0.2) is 43.9 Å². The highest BCUT2D eigenvalue weighted by Crippen LogP contribution is 2.37. The lowest BCUT2D eigenvalue weighted by molar-refractivity contribution is 0.00578. The van der Waals surface area contributed by atoms with Crippen LogP contribution in [0, 0.1) is 0 Å². The van der Waals surface area contributed by atoms with Crippen LogP contribution in [0.1, 0.15) is 38.8 Å². The Balaban J connectivity index is 1.96. The Labute approximate surface area is 133 Å². The zero-order valence-electron chi connectivity index (χ0n) is 14.5. The first-order chi connectivity index (χ1) is 10.2. The van der Waals surface area contributed by atoms with E-state index < -0.39 is 0 Å². The fraction of sp³-hybridized carbons (Fsp3) is 0.647. The Hall–Kier alpha value is -1.04. The molecule has 0 unspecified atom stereocenters. The van der Waals surface area contributed by atoms with Gasteiger partial charge in [-0.25, -0.2) is 0 Å². The molecule has 5 heteroatoms.